The van der Waals surface area contributed by atoms with Gasteiger partial charge in [0.15, 0.2) is 0 Å². The van der Waals surface area contributed by atoms with E-state index in [4.69, 9.17) is 10.5 Å². The van der Waals surface area contributed by atoms with E-state index in [0.717, 1.165) is 8.95 Å². The molecule has 0 radical (unpaired) electrons. The fourth-order valence-corrected chi connectivity index (χ4v) is 2.51. The predicted octanol–water partition coefficient (Wildman–Crippen LogP) is 2.66. The van der Waals surface area contributed by atoms with Crippen LogP contribution in [0.4, 0.5) is 5.69 Å². The second kappa shape index (κ2) is 5.69. The number of benzene rings is 1. The summed E-state index contributed by atoms with van der Waals surface area (Å²) in [6, 6.07) is 5.60. The fraction of sp³-hybridized carbons (Fsp3) is 0.417. The van der Waals surface area contributed by atoms with Gasteiger partial charge in [0, 0.05) is 22.2 Å². The van der Waals surface area contributed by atoms with E-state index in [1.807, 2.05) is 18.2 Å². The Kier molecular flexibility index (Phi) is 4.42. The summed E-state index contributed by atoms with van der Waals surface area (Å²) in [5, 5.41) is 2.86. The summed E-state index contributed by atoms with van der Waals surface area (Å²) in [6.45, 7) is 1.06. The average Bonchev–Trinajstić information content (AvgIpc) is 2.35. The van der Waals surface area contributed by atoms with Gasteiger partial charge < -0.3 is 15.8 Å². The minimum atomic E-state index is -0.833. The van der Waals surface area contributed by atoms with Crippen molar-refractivity contribution in [2.24, 2.45) is 5.73 Å². The molecule has 6 heteroatoms. The molecule has 0 spiro atoms. The molecule has 1 fully saturated rings. The van der Waals surface area contributed by atoms with Gasteiger partial charge in [0.25, 0.3) is 0 Å². The minimum absolute atomic E-state index is 0.162. The van der Waals surface area contributed by atoms with Gasteiger partial charge in [0.05, 0.1) is 5.69 Å². The summed E-state index contributed by atoms with van der Waals surface area (Å²) in [4.78, 5) is 12.2. The molecule has 0 bridgehead atoms. The highest BCUT2D eigenvalue weighted by atomic mass is 79.9. The lowest BCUT2D eigenvalue weighted by Crippen LogP contribution is -2.54. The third-order valence-corrected chi connectivity index (χ3v) is 4.20. The molecule has 0 saturated carbocycles. The Morgan fingerprint density at radius 3 is 2.67 bits per heavy atom. The van der Waals surface area contributed by atoms with E-state index in [9.17, 15) is 4.79 Å². The van der Waals surface area contributed by atoms with Gasteiger partial charge in [0.2, 0.25) is 5.91 Å². The van der Waals surface area contributed by atoms with E-state index in [1.54, 1.807) is 0 Å². The molecule has 0 unspecified atom stereocenters. The molecule has 1 heterocycles. The molecule has 0 aromatic heterocycles. The van der Waals surface area contributed by atoms with Crippen LogP contribution in [0, 0.1) is 0 Å². The van der Waals surface area contributed by atoms with Crippen molar-refractivity contribution in [1.29, 1.82) is 0 Å². The molecule has 18 heavy (non-hydrogen) atoms. The maximum Gasteiger partial charge on any atom is 0.244 e. The van der Waals surface area contributed by atoms with E-state index in [1.165, 1.54) is 0 Å². The molecule has 1 aromatic rings. The smallest absolute Gasteiger partial charge is 0.244 e. The van der Waals surface area contributed by atoms with Gasteiger partial charge in [0.1, 0.15) is 5.54 Å². The number of amides is 1. The average molecular weight is 378 g/mol. The van der Waals surface area contributed by atoms with Crippen LogP contribution in [-0.2, 0) is 9.53 Å². The van der Waals surface area contributed by atoms with Gasteiger partial charge in [-0.1, -0.05) is 15.9 Å². The first-order chi connectivity index (χ1) is 8.51. The Balaban J connectivity index is 2.13. The summed E-state index contributed by atoms with van der Waals surface area (Å²) < 4.78 is 6.96. The van der Waals surface area contributed by atoms with E-state index in [2.05, 4.69) is 37.2 Å². The molecule has 1 saturated heterocycles. The second-order valence-corrected chi connectivity index (χ2v) is 6.12. The number of nitrogens with two attached hydrogens (primary N) is 1. The lowest BCUT2D eigenvalue weighted by molar-refractivity contribution is -0.124. The van der Waals surface area contributed by atoms with Gasteiger partial charge >= 0.3 is 0 Å². The minimum Gasteiger partial charge on any atom is -0.381 e. The Labute approximate surface area is 123 Å². The molecule has 4 nitrogen and oxygen atoms in total. The summed E-state index contributed by atoms with van der Waals surface area (Å²) >= 11 is 6.77. The number of anilines is 1. The van der Waals surface area contributed by atoms with Gasteiger partial charge in [-0.05, 0) is 47.0 Å². The number of carbonyl (C=O) groups excluding carboxylic acids is 1. The van der Waals surface area contributed by atoms with E-state index < -0.39 is 5.54 Å². The molecule has 1 aromatic carbocycles. The van der Waals surface area contributed by atoms with Gasteiger partial charge in [-0.15, -0.1) is 0 Å². The van der Waals surface area contributed by atoms with Crippen LogP contribution in [0.1, 0.15) is 12.8 Å². The number of hydrogen-bond acceptors (Lipinski definition) is 3. The Hall–Kier alpha value is -0.430. The predicted molar refractivity (Wildman–Crippen MR) is 77.4 cm³/mol. The molecular formula is C12H14Br2N2O2. The van der Waals surface area contributed by atoms with Crippen molar-refractivity contribution < 1.29 is 9.53 Å². The second-order valence-electron chi connectivity index (χ2n) is 4.35. The maximum absolute atomic E-state index is 12.2. The van der Waals surface area contributed by atoms with Crippen molar-refractivity contribution in [3.8, 4) is 0 Å². The molecule has 1 aliphatic rings. The molecule has 0 atom stereocenters. The SMILES string of the molecule is NC1(C(=O)Nc2cc(Br)ccc2Br)CCOCC1. The first kappa shape index (κ1) is 14.0. The lowest BCUT2D eigenvalue weighted by atomic mass is 9.90. The van der Waals surface area contributed by atoms with Gasteiger partial charge in [-0.3, -0.25) is 4.79 Å². The van der Waals surface area contributed by atoms with Crippen molar-refractivity contribution in [1.82, 2.24) is 0 Å². The largest absolute Gasteiger partial charge is 0.381 e. The molecule has 1 amide bonds. The first-order valence-electron chi connectivity index (χ1n) is 5.64. The molecule has 0 aliphatic carbocycles. The highest BCUT2D eigenvalue weighted by molar-refractivity contribution is 9.11. The molecule has 1 aliphatic heterocycles. The van der Waals surface area contributed by atoms with E-state index in [-0.39, 0.29) is 5.91 Å². The van der Waals surface area contributed by atoms with E-state index in [0.29, 0.717) is 31.7 Å². The van der Waals surface area contributed by atoms with Crippen LogP contribution in [0.15, 0.2) is 27.1 Å². The highest BCUT2D eigenvalue weighted by Gasteiger charge is 2.36. The number of halogens is 2. The van der Waals surface area contributed by atoms with Crippen molar-refractivity contribution >= 4 is 43.5 Å². The lowest BCUT2D eigenvalue weighted by Gasteiger charge is -2.31. The van der Waals surface area contributed by atoms with Crippen LogP contribution < -0.4 is 11.1 Å². The topological polar surface area (TPSA) is 64.4 Å². The zero-order valence-corrected chi connectivity index (χ0v) is 12.9. The van der Waals surface area contributed by atoms with Crippen LogP contribution in [0.3, 0.4) is 0 Å². The van der Waals surface area contributed by atoms with Crippen LogP contribution >= 0.6 is 31.9 Å². The maximum atomic E-state index is 12.2. The number of hydrogen-bond donors (Lipinski definition) is 2. The Bertz CT molecular complexity index is 459. The first-order valence-corrected chi connectivity index (χ1v) is 7.23. The zero-order chi connectivity index (χ0) is 13.2. The van der Waals surface area contributed by atoms with Gasteiger partial charge in [-0.25, -0.2) is 0 Å². The van der Waals surface area contributed by atoms with Crippen molar-refractivity contribution in [2.45, 2.75) is 18.4 Å². The quantitative estimate of drug-likeness (QED) is 0.832. The summed E-state index contributed by atoms with van der Waals surface area (Å²) in [5.41, 5.74) is 6.00. The van der Waals surface area contributed by atoms with Gasteiger partial charge in [-0.2, -0.15) is 0 Å². The third-order valence-electron chi connectivity index (χ3n) is 3.01. The van der Waals surface area contributed by atoms with Crippen LogP contribution in [-0.4, -0.2) is 24.7 Å². The number of rotatable bonds is 2. The summed E-state index contributed by atoms with van der Waals surface area (Å²) in [7, 11) is 0. The molecule has 2 rings (SSSR count). The normalized spacial score (nSPS) is 18.4. The standard InChI is InChI=1S/C12H14Br2N2O2/c13-8-1-2-9(14)10(7-8)16-11(17)12(15)3-5-18-6-4-12/h1-2,7H,3-6,15H2,(H,16,17). The molecule has 3 N–H and O–H groups in total. The third kappa shape index (κ3) is 3.12. The highest BCUT2D eigenvalue weighted by Crippen LogP contribution is 2.28. The summed E-state index contributed by atoms with van der Waals surface area (Å²) in [5.74, 6) is -0.162. The van der Waals surface area contributed by atoms with Crippen LogP contribution in [0.5, 0.6) is 0 Å². The number of carbonyl (C=O) groups is 1. The summed E-state index contributed by atoms with van der Waals surface area (Å²) in [6.07, 6.45) is 1.09. The number of ether oxygens (including phenoxy) is 1. The monoisotopic (exact) mass is 376 g/mol. The van der Waals surface area contributed by atoms with Crippen molar-refractivity contribution in [2.75, 3.05) is 18.5 Å². The number of nitrogens with one attached hydrogen (secondary N) is 1. The molecular weight excluding hydrogens is 364 g/mol. The van der Waals surface area contributed by atoms with E-state index >= 15 is 0 Å². The Morgan fingerprint density at radius 1 is 1.33 bits per heavy atom. The van der Waals surface area contributed by atoms with Crippen molar-refractivity contribution in [3.05, 3.63) is 27.1 Å². The molecule has 98 valence electrons. The van der Waals surface area contributed by atoms with Crippen LogP contribution in [0.25, 0.3) is 0 Å². The van der Waals surface area contributed by atoms with Crippen molar-refractivity contribution in [3.63, 3.8) is 0 Å². The fourth-order valence-electron chi connectivity index (χ4n) is 1.80. The Morgan fingerprint density at radius 2 is 2.00 bits per heavy atom. The zero-order valence-electron chi connectivity index (χ0n) is 9.71. The van der Waals surface area contributed by atoms with Crippen LogP contribution in [0.2, 0.25) is 0 Å².